The number of nitrogens with zero attached hydrogens (tertiary/aromatic N) is 5. The molecule has 1 atom stereocenters. The van der Waals surface area contributed by atoms with Crippen molar-refractivity contribution >= 4 is 0 Å². The molecule has 106 valence electrons. The van der Waals surface area contributed by atoms with Gasteiger partial charge in [-0.05, 0) is 19.4 Å². The average Bonchev–Trinajstić information content (AvgIpc) is 2.80. The second kappa shape index (κ2) is 5.59. The molecule has 0 aliphatic carbocycles. The summed E-state index contributed by atoms with van der Waals surface area (Å²) in [6.45, 7) is 9.19. The minimum absolute atomic E-state index is 0.750. The molecule has 19 heavy (non-hydrogen) atoms. The highest BCUT2D eigenvalue weighted by Gasteiger charge is 2.19. The summed E-state index contributed by atoms with van der Waals surface area (Å²) in [5.74, 6) is 2.99. The Morgan fingerprint density at radius 1 is 1.21 bits per heavy atom. The molecule has 1 saturated heterocycles. The van der Waals surface area contributed by atoms with Crippen molar-refractivity contribution in [1.82, 2.24) is 24.6 Å². The smallest absolute Gasteiger partial charge is 0.152 e. The topological polar surface area (TPSA) is 37.2 Å². The lowest BCUT2D eigenvalue weighted by molar-refractivity contribution is 0.155. The van der Waals surface area contributed by atoms with E-state index in [9.17, 15) is 0 Å². The molecule has 0 N–H and O–H groups in total. The van der Waals surface area contributed by atoms with Gasteiger partial charge in [0, 0.05) is 52.1 Å². The van der Waals surface area contributed by atoms with Crippen LogP contribution in [0.5, 0.6) is 0 Å². The van der Waals surface area contributed by atoms with Gasteiger partial charge < -0.3 is 9.80 Å². The van der Waals surface area contributed by atoms with Gasteiger partial charge in [0.05, 0.1) is 0 Å². The fraction of sp³-hybridized carbons (Fsp3) is 0.857. The van der Waals surface area contributed by atoms with Crippen molar-refractivity contribution in [2.75, 3.05) is 39.8 Å². The van der Waals surface area contributed by atoms with Gasteiger partial charge in [0.25, 0.3) is 0 Å². The summed E-state index contributed by atoms with van der Waals surface area (Å²) in [7, 11) is 2.20. The second-order valence-corrected chi connectivity index (χ2v) is 6.17. The standard InChI is InChI=1S/C14H25N5/c1-12-3-4-14-15-13(16-19(14)11-12)5-6-18-9-7-17(2)8-10-18/h12H,3-11H2,1-2H3. The van der Waals surface area contributed by atoms with Gasteiger partial charge in [0.15, 0.2) is 5.82 Å². The van der Waals surface area contributed by atoms with E-state index in [1.165, 1.54) is 38.4 Å². The third kappa shape index (κ3) is 3.15. The van der Waals surface area contributed by atoms with E-state index in [-0.39, 0.29) is 0 Å². The molecular weight excluding hydrogens is 238 g/mol. The summed E-state index contributed by atoms with van der Waals surface area (Å²) >= 11 is 0. The van der Waals surface area contributed by atoms with Crippen LogP contribution in [0.15, 0.2) is 0 Å². The highest BCUT2D eigenvalue weighted by Crippen LogP contribution is 2.17. The van der Waals surface area contributed by atoms with Gasteiger partial charge in [0.2, 0.25) is 0 Å². The first-order valence-corrected chi connectivity index (χ1v) is 7.54. The fourth-order valence-corrected chi connectivity index (χ4v) is 2.95. The lowest BCUT2D eigenvalue weighted by atomic mass is 10.0. The molecule has 2 aliphatic heterocycles. The van der Waals surface area contributed by atoms with Crippen LogP contribution in [0.1, 0.15) is 25.0 Å². The van der Waals surface area contributed by atoms with Crippen molar-refractivity contribution in [3.8, 4) is 0 Å². The van der Waals surface area contributed by atoms with Gasteiger partial charge in [-0.1, -0.05) is 6.92 Å². The van der Waals surface area contributed by atoms with Crippen molar-refractivity contribution in [3.05, 3.63) is 11.6 Å². The van der Waals surface area contributed by atoms with Gasteiger partial charge in [-0.15, -0.1) is 0 Å². The van der Waals surface area contributed by atoms with Crippen molar-refractivity contribution in [2.45, 2.75) is 32.7 Å². The molecular formula is C14H25N5. The molecule has 0 bridgehead atoms. The van der Waals surface area contributed by atoms with E-state index in [0.29, 0.717) is 0 Å². The van der Waals surface area contributed by atoms with Crippen molar-refractivity contribution in [2.24, 2.45) is 5.92 Å². The molecule has 0 amide bonds. The summed E-state index contributed by atoms with van der Waals surface area (Å²) in [6.07, 6.45) is 3.36. The van der Waals surface area contributed by atoms with Gasteiger partial charge in [-0.3, -0.25) is 0 Å². The lowest BCUT2D eigenvalue weighted by Gasteiger charge is -2.31. The Balaban J connectivity index is 1.53. The van der Waals surface area contributed by atoms with Crippen molar-refractivity contribution in [3.63, 3.8) is 0 Å². The molecule has 5 nitrogen and oxygen atoms in total. The molecule has 0 spiro atoms. The molecule has 3 rings (SSSR count). The molecule has 0 saturated carbocycles. The average molecular weight is 263 g/mol. The Labute approximate surface area is 115 Å². The second-order valence-electron chi connectivity index (χ2n) is 6.17. The number of likely N-dealkylation sites (N-methyl/N-ethyl adjacent to an activating group) is 1. The van der Waals surface area contributed by atoms with Crippen LogP contribution in [0.2, 0.25) is 0 Å². The molecule has 3 heterocycles. The molecule has 2 aliphatic rings. The number of aryl methyl sites for hydroxylation is 1. The van der Waals surface area contributed by atoms with Gasteiger partial charge in [-0.2, -0.15) is 5.10 Å². The molecule has 1 aromatic heterocycles. The normalized spacial score (nSPS) is 25.5. The first-order chi connectivity index (χ1) is 9.20. The van der Waals surface area contributed by atoms with Gasteiger partial charge in [-0.25, -0.2) is 9.67 Å². The van der Waals surface area contributed by atoms with E-state index in [1.807, 2.05) is 0 Å². The number of hydrogen-bond acceptors (Lipinski definition) is 4. The lowest BCUT2D eigenvalue weighted by Crippen LogP contribution is -2.45. The number of rotatable bonds is 3. The van der Waals surface area contributed by atoms with E-state index >= 15 is 0 Å². The third-order valence-corrected chi connectivity index (χ3v) is 4.39. The maximum Gasteiger partial charge on any atom is 0.152 e. The molecule has 1 unspecified atom stereocenters. The number of aromatic nitrogens is 3. The van der Waals surface area contributed by atoms with Crippen LogP contribution in [0.3, 0.4) is 0 Å². The summed E-state index contributed by atoms with van der Waals surface area (Å²) in [6, 6.07) is 0. The largest absolute Gasteiger partial charge is 0.304 e. The third-order valence-electron chi connectivity index (χ3n) is 4.39. The van der Waals surface area contributed by atoms with Crippen LogP contribution in [0.25, 0.3) is 0 Å². The summed E-state index contributed by atoms with van der Waals surface area (Å²) in [4.78, 5) is 9.62. The van der Waals surface area contributed by atoms with Crippen LogP contribution in [0, 0.1) is 5.92 Å². The number of hydrogen-bond donors (Lipinski definition) is 0. The van der Waals surface area contributed by atoms with Gasteiger partial charge in [0.1, 0.15) is 5.82 Å². The van der Waals surface area contributed by atoms with Gasteiger partial charge >= 0.3 is 0 Å². The highest BCUT2D eigenvalue weighted by molar-refractivity contribution is 4.97. The van der Waals surface area contributed by atoms with E-state index in [1.54, 1.807) is 0 Å². The minimum atomic E-state index is 0.750. The number of piperazine rings is 1. The van der Waals surface area contributed by atoms with Crippen LogP contribution in [-0.2, 0) is 19.4 Å². The molecule has 0 radical (unpaired) electrons. The Morgan fingerprint density at radius 3 is 2.79 bits per heavy atom. The summed E-state index contributed by atoms with van der Waals surface area (Å²) in [5, 5.41) is 4.67. The van der Waals surface area contributed by atoms with E-state index < -0.39 is 0 Å². The molecule has 5 heteroatoms. The fourth-order valence-electron chi connectivity index (χ4n) is 2.95. The Kier molecular flexibility index (Phi) is 3.84. The van der Waals surface area contributed by atoms with Crippen LogP contribution in [0.4, 0.5) is 0 Å². The van der Waals surface area contributed by atoms with Crippen molar-refractivity contribution in [1.29, 1.82) is 0 Å². The maximum atomic E-state index is 4.70. The Hall–Kier alpha value is -0.940. The number of fused-ring (bicyclic) bond motifs is 1. The monoisotopic (exact) mass is 263 g/mol. The maximum absolute atomic E-state index is 4.70. The zero-order valence-electron chi connectivity index (χ0n) is 12.2. The zero-order chi connectivity index (χ0) is 13.2. The first-order valence-electron chi connectivity index (χ1n) is 7.54. The predicted octanol–water partition coefficient (Wildman–Crippen LogP) is 0.650. The molecule has 0 aromatic carbocycles. The van der Waals surface area contributed by atoms with Crippen molar-refractivity contribution < 1.29 is 0 Å². The SMILES string of the molecule is CC1CCc2nc(CCN3CCN(C)CC3)nn2C1. The molecule has 1 aromatic rings. The zero-order valence-corrected chi connectivity index (χ0v) is 12.2. The highest BCUT2D eigenvalue weighted by atomic mass is 15.4. The first kappa shape index (κ1) is 13.1. The van der Waals surface area contributed by atoms with E-state index in [0.717, 1.165) is 37.7 Å². The summed E-state index contributed by atoms with van der Waals surface area (Å²) in [5.41, 5.74) is 0. The van der Waals surface area contributed by atoms with E-state index in [4.69, 9.17) is 4.98 Å². The van der Waals surface area contributed by atoms with E-state index in [2.05, 4.69) is 33.6 Å². The Bertz CT molecular complexity index is 419. The minimum Gasteiger partial charge on any atom is -0.304 e. The summed E-state index contributed by atoms with van der Waals surface area (Å²) < 4.78 is 2.13. The quantitative estimate of drug-likeness (QED) is 0.802. The van der Waals surface area contributed by atoms with Crippen LogP contribution in [-0.4, -0.2) is 64.3 Å². The van der Waals surface area contributed by atoms with Crippen LogP contribution >= 0.6 is 0 Å². The Morgan fingerprint density at radius 2 is 2.00 bits per heavy atom. The molecule has 1 fully saturated rings. The van der Waals surface area contributed by atoms with Crippen LogP contribution < -0.4 is 0 Å². The predicted molar refractivity (Wildman–Crippen MR) is 75.1 cm³/mol.